The average molecular weight is 428 g/mol. The number of primary amides is 1. The van der Waals surface area contributed by atoms with Crippen molar-refractivity contribution in [3.05, 3.63) is 0 Å². The molecule has 9 nitrogen and oxygen atoms in total. The highest BCUT2D eigenvalue weighted by molar-refractivity contribution is 5.91. The highest BCUT2D eigenvalue weighted by Gasteiger charge is 2.38. The normalized spacial score (nSPS) is 11.7. The molecule has 0 aromatic carbocycles. The minimum Gasteiger partial charge on any atom is -0.475 e. The summed E-state index contributed by atoms with van der Waals surface area (Å²) in [5, 5.41) is 9.73. The minimum absolute atomic E-state index is 0.199. The van der Waals surface area contributed by atoms with Crippen molar-refractivity contribution in [2.45, 2.75) is 64.1 Å². The maximum absolute atomic E-state index is 12.2. The van der Waals surface area contributed by atoms with Crippen molar-refractivity contribution in [2.75, 3.05) is 20.1 Å². The van der Waals surface area contributed by atoms with Gasteiger partial charge in [0.1, 0.15) is 6.04 Å². The van der Waals surface area contributed by atoms with E-state index in [4.69, 9.17) is 21.4 Å². The number of alkyl halides is 3. The molecule has 0 bridgehead atoms. The smallest absolute Gasteiger partial charge is 0.475 e. The number of amides is 3. The molecule has 0 radical (unpaired) electrons. The van der Waals surface area contributed by atoms with Crippen molar-refractivity contribution in [3.8, 4) is 0 Å². The Labute approximate surface area is 168 Å². The number of likely N-dealkylation sites (N-methyl/N-ethyl adjacent to an activating group) is 1. The molecule has 170 valence electrons. The van der Waals surface area contributed by atoms with E-state index in [1.807, 2.05) is 0 Å². The van der Waals surface area contributed by atoms with Crippen molar-refractivity contribution in [1.29, 1.82) is 0 Å². The molecule has 0 spiro atoms. The molecule has 29 heavy (non-hydrogen) atoms. The van der Waals surface area contributed by atoms with Crippen LogP contribution in [0.3, 0.4) is 0 Å². The fraction of sp³-hybridized carbons (Fsp3) is 0.765. The first-order valence-electron chi connectivity index (χ1n) is 9.19. The van der Waals surface area contributed by atoms with Crippen molar-refractivity contribution in [2.24, 2.45) is 11.5 Å². The molecular weight excluding hydrogens is 397 g/mol. The van der Waals surface area contributed by atoms with Crippen molar-refractivity contribution >= 4 is 23.7 Å². The number of nitrogens with zero attached hydrogens (tertiary/aromatic N) is 1. The number of carboxylic acid groups (broad SMARTS) is 1. The van der Waals surface area contributed by atoms with Crippen LogP contribution < -0.4 is 16.8 Å². The van der Waals surface area contributed by atoms with Gasteiger partial charge in [0.2, 0.25) is 17.7 Å². The van der Waals surface area contributed by atoms with Gasteiger partial charge in [0.25, 0.3) is 0 Å². The van der Waals surface area contributed by atoms with Crippen LogP contribution in [0.25, 0.3) is 0 Å². The number of hydrogen-bond donors (Lipinski definition) is 4. The summed E-state index contributed by atoms with van der Waals surface area (Å²) >= 11 is 0. The van der Waals surface area contributed by atoms with Crippen LogP contribution >= 0.6 is 0 Å². The van der Waals surface area contributed by atoms with E-state index in [1.54, 1.807) is 7.05 Å². The van der Waals surface area contributed by atoms with Gasteiger partial charge in [-0.25, -0.2) is 4.79 Å². The molecule has 0 aromatic heterocycles. The number of rotatable bonds is 12. The molecule has 3 amide bonds. The molecule has 0 heterocycles. The quantitative estimate of drug-likeness (QED) is 0.336. The molecule has 0 aromatic rings. The van der Waals surface area contributed by atoms with Crippen LogP contribution in [0.1, 0.15) is 51.9 Å². The van der Waals surface area contributed by atoms with Crippen LogP contribution in [0.5, 0.6) is 0 Å². The maximum Gasteiger partial charge on any atom is 0.490 e. The fourth-order valence-corrected chi connectivity index (χ4v) is 2.13. The minimum atomic E-state index is -5.08. The van der Waals surface area contributed by atoms with Crippen LogP contribution in [0, 0.1) is 0 Å². The summed E-state index contributed by atoms with van der Waals surface area (Å²) in [5.41, 5.74) is 10.6. The van der Waals surface area contributed by atoms with E-state index in [2.05, 4.69) is 12.2 Å². The number of hydrogen-bond acceptors (Lipinski definition) is 5. The molecule has 0 unspecified atom stereocenters. The summed E-state index contributed by atoms with van der Waals surface area (Å²) < 4.78 is 31.7. The standard InChI is InChI=1S/C15H30N4O3.C2HF3O2/c1-3-4-5-6-7-8-14(21)18-12(11-13(17)20)15(22)19(2)10-9-16;3-2(4,5)1(6)7/h12H,3-11,16H2,1-2H3,(H2,17,20)(H,18,21);(H,6,7)/t12-;/m1./s1. The first kappa shape index (κ1) is 28.8. The Kier molecular flexibility index (Phi) is 15.5. The zero-order valence-electron chi connectivity index (χ0n) is 16.8. The van der Waals surface area contributed by atoms with E-state index in [-0.39, 0.29) is 18.2 Å². The number of aliphatic carboxylic acids is 1. The molecule has 0 aliphatic rings. The van der Waals surface area contributed by atoms with Crippen LogP contribution in [0.2, 0.25) is 0 Å². The Bertz CT molecular complexity index is 530. The second-order valence-corrected chi connectivity index (χ2v) is 6.31. The number of halogens is 3. The molecular formula is C17H31F3N4O5. The third-order valence-electron chi connectivity index (χ3n) is 3.63. The fourth-order valence-electron chi connectivity index (χ4n) is 2.13. The van der Waals surface area contributed by atoms with Gasteiger partial charge in [-0.1, -0.05) is 32.6 Å². The van der Waals surface area contributed by atoms with Gasteiger partial charge >= 0.3 is 12.1 Å². The zero-order chi connectivity index (χ0) is 23.0. The van der Waals surface area contributed by atoms with E-state index < -0.39 is 24.1 Å². The van der Waals surface area contributed by atoms with E-state index in [9.17, 15) is 27.6 Å². The van der Waals surface area contributed by atoms with Gasteiger partial charge in [-0.3, -0.25) is 14.4 Å². The van der Waals surface area contributed by atoms with E-state index in [0.29, 0.717) is 19.5 Å². The van der Waals surface area contributed by atoms with Crippen molar-refractivity contribution in [1.82, 2.24) is 10.2 Å². The van der Waals surface area contributed by atoms with Crippen LogP contribution in [-0.4, -0.2) is 66.1 Å². The van der Waals surface area contributed by atoms with Gasteiger partial charge in [0.15, 0.2) is 0 Å². The van der Waals surface area contributed by atoms with Crippen LogP contribution in [0.15, 0.2) is 0 Å². The third-order valence-corrected chi connectivity index (χ3v) is 3.63. The molecule has 0 rings (SSSR count). The lowest BCUT2D eigenvalue weighted by Crippen LogP contribution is -2.50. The van der Waals surface area contributed by atoms with E-state index in [0.717, 1.165) is 32.1 Å². The molecule has 1 atom stereocenters. The largest absolute Gasteiger partial charge is 0.490 e. The highest BCUT2D eigenvalue weighted by atomic mass is 19.4. The third kappa shape index (κ3) is 16.3. The average Bonchev–Trinajstić information content (AvgIpc) is 2.59. The van der Waals surface area contributed by atoms with E-state index >= 15 is 0 Å². The summed E-state index contributed by atoms with van der Waals surface area (Å²) in [6.45, 7) is 2.81. The Morgan fingerprint density at radius 3 is 2.03 bits per heavy atom. The second kappa shape index (κ2) is 15.5. The summed E-state index contributed by atoms with van der Waals surface area (Å²) in [6, 6.07) is -0.905. The molecule has 0 aliphatic heterocycles. The lowest BCUT2D eigenvalue weighted by atomic mass is 10.1. The molecule has 0 fully saturated rings. The molecule has 0 aliphatic carbocycles. The zero-order valence-corrected chi connectivity index (χ0v) is 16.8. The molecule has 12 heteroatoms. The number of unbranched alkanes of at least 4 members (excludes halogenated alkanes) is 4. The molecule has 6 N–H and O–H groups in total. The number of carbonyl (C=O) groups excluding carboxylic acids is 3. The molecule has 0 saturated heterocycles. The molecule has 0 saturated carbocycles. The number of carbonyl (C=O) groups is 4. The van der Waals surface area contributed by atoms with Crippen molar-refractivity contribution in [3.63, 3.8) is 0 Å². The predicted molar refractivity (Wildman–Crippen MR) is 99.5 cm³/mol. The van der Waals surface area contributed by atoms with Gasteiger partial charge in [-0.05, 0) is 6.42 Å². The summed E-state index contributed by atoms with van der Waals surface area (Å²) in [7, 11) is 1.58. The summed E-state index contributed by atoms with van der Waals surface area (Å²) in [6.07, 6.45) is 0.253. The lowest BCUT2D eigenvalue weighted by Gasteiger charge is -2.23. The summed E-state index contributed by atoms with van der Waals surface area (Å²) in [5.74, 6) is -3.95. The first-order chi connectivity index (χ1) is 13.4. The highest BCUT2D eigenvalue weighted by Crippen LogP contribution is 2.13. The Morgan fingerprint density at radius 2 is 1.62 bits per heavy atom. The monoisotopic (exact) mass is 428 g/mol. The van der Waals surface area contributed by atoms with Gasteiger partial charge in [-0.15, -0.1) is 0 Å². The second-order valence-electron chi connectivity index (χ2n) is 6.31. The maximum atomic E-state index is 12.2. The van der Waals surface area contributed by atoms with Crippen molar-refractivity contribution < 1.29 is 37.5 Å². The number of nitrogens with two attached hydrogens (primary N) is 2. The first-order valence-corrected chi connectivity index (χ1v) is 9.19. The predicted octanol–water partition coefficient (Wildman–Crippen LogP) is 0.758. The topological polar surface area (TPSA) is 156 Å². The lowest BCUT2D eigenvalue weighted by molar-refractivity contribution is -0.192. The van der Waals surface area contributed by atoms with E-state index in [1.165, 1.54) is 4.90 Å². The van der Waals surface area contributed by atoms with Gasteiger partial charge in [-0.2, -0.15) is 13.2 Å². The van der Waals surface area contributed by atoms with Gasteiger partial charge < -0.3 is 26.8 Å². The number of nitrogens with one attached hydrogen (secondary N) is 1. The SMILES string of the molecule is CCCCCCCC(=O)N[C@H](CC(N)=O)C(=O)N(C)CCN.O=C(O)C(F)(F)F. The number of carboxylic acids is 1. The van der Waals surface area contributed by atoms with Crippen LogP contribution in [0.4, 0.5) is 13.2 Å². The Morgan fingerprint density at radius 1 is 1.10 bits per heavy atom. The van der Waals surface area contributed by atoms with Gasteiger partial charge in [0.05, 0.1) is 6.42 Å². The Balaban J connectivity index is 0. The van der Waals surface area contributed by atoms with Crippen LogP contribution in [-0.2, 0) is 19.2 Å². The summed E-state index contributed by atoms with van der Waals surface area (Å²) in [4.78, 5) is 45.4. The Hall–Kier alpha value is -2.37. The van der Waals surface area contributed by atoms with Gasteiger partial charge in [0, 0.05) is 26.6 Å².